The van der Waals surface area contributed by atoms with Gasteiger partial charge in [-0.05, 0) is 39.2 Å². The van der Waals surface area contributed by atoms with Gasteiger partial charge in [-0.2, -0.15) is 13.2 Å². The van der Waals surface area contributed by atoms with Gasteiger partial charge in [0, 0.05) is 12.1 Å². The van der Waals surface area contributed by atoms with E-state index in [1.54, 1.807) is 7.05 Å². The monoisotopic (exact) mass is 280 g/mol. The first kappa shape index (κ1) is 14.6. The minimum atomic E-state index is -4.23. The molecular weight excluding hydrogens is 261 g/mol. The van der Waals surface area contributed by atoms with Crippen LogP contribution in [0.15, 0.2) is 0 Å². The number of nitrogens with one attached hydrogen (secondary N) is 1. The summed E-state index contributed by atoms with van der Waals surface area (Å²) in [6, 6.07) is -0.314. The van der Waals surface area contributed by atoms with E-state index in [9.17, 15) is 23.1 Å². The zero-order chi connectivity index (χ0) is 14.3. The first-order valence-electron chi connectivity index (χ1n) is 6.52. The van der Waals surface area contributed by atoms with Crippen molar-refractivity contribution in [3.8, 4) is 0 Å². The minimum absolute atomic E-state index is 0.0203. The Morgan fingerprint density at radius 3 is 2.37 bits per heavy atom. The van der Waals surface area contributed by atoms with Gasteiger partial charge >= 0.3 is 12.1 Å². The molecule has 2 unspecified atom stereocenters. The van der Waals surface area contributed by atoms with Gasteiger partial charge in [-0.25, -0.2) is 0 Å². The highest BCUT2D eigenvalue weighted by atomic mass is 19.4. The Labute approximate surface area is 110 Å². The molecule has 0 saturated heterocycles. The molecular formula is C12H19F3N2O2. The van der Waals surface area contributed by atoms with Gasteiger partial charge in [0.05, 0.1) is 6.54 Å². The molecule has 2 aliphatic rings. The van der Waals surface area contributed by atoms with Crippen molar-refractivity contribution in [2.75, 3.05) is 13.6 Å². The van der Waals surface area contributed by atoms with Crippen LogP contribution in [0.2, 0.25) is 0 Å². The lowest BCUT2D eigenvalue weighted by Gasteiger charge is -2.31. The maximum absolute atomic E-state index is 12.6. The summed E-state index contributed by atoms with van der Waals surface area (Å²) in [5.41, 5.74) is -1.07. The van der Waals surface area contributed by atoms with Crippen LogP contribution in [0.1, 0.15) is 32.1 Å². The molecule has 0 aromatic heterocycles. The molecule has 0 aliphatic heterocycles. The summed E-state index contributed by atoms with van der Waals surface area (Å²) in [5.74, 6) is -0.972. The van der Waals surface area contributed by atoms with E-state index in [1.807, 2.05) is 0 Å². The number of carboxylic acids is 1. The van der Waals surface area contributed by atoms with Gasteiger partial charge < -0.3 is 10.4 Å². The number of nitrogens with zero attached hydrogens (tertiary/aromatic N) is 1. The average Bonchev–Trinajstić information content (AvgIpc) is 3.04. The van der Waals surface area contributed by atoms with E-state index in [1.165, 1.54) is 4.90 Å². The summed E-state index contributed by atoms with van der Waals surface area (Å²) < 4.78 is 37.8. The number of halogens is 3. The van der Waals surface area contributed by atoms with E-state index in [0.29, 0.717) is 12.8 Å². The third-order valence-electron chi connectivity index (χ3n) is 4.22. The fourth-order valence-corrected chi connectivity index (χ4v) is 3.00. The molecule has 2 atom stereocenters. The highest BCUT2D eigenvalue weighted by molar-refractivity contribution is 5.79. The number of hydrogen-bond acceptors (Lipinski definition) is 3. The summed E-state index contributed by atoms with van der Waals surface area (Å²) in [4.78, 5) is 12.8. The van der Waals surface area contributed by atoms with Crippen molar-refractivity contribution in [3.63, 3.8) is 0 Å². The molecule has 0 heterocycles. The van der Waals surface area contributed by atoms with Crippen molar-refractivity contribution >= 4 is 5.97 Å². The molecule has 0 aromatic carbocycles. The summed E-state index contributed by atoms with van der Waals surface area (Å²) in [7, 11) is 1.56. The molecule has 110 valence electrons. The normalized spacial score (nSPS) is 31.9. The Kier molecular flexibility index (Phi) is 3.79. The number of hydrogen-bond donors (Lipinski definition) is 2. The van der Waals surface area contributed by atoms with E-state index < -0.39 is 24.2 Å². The number of carboxylic acid groups (broad SMARTS) is 1. The number of likely N-dealkylation sites (N-methyl/N-ethyl adjacent to an activating group) is 1. The maximum Gasteiger partial charge on any atom is 0.401 e. The van der Waals surface area contributed by atoms with Crippen molar-refractivity contribution in [2.24, 2.45) is 0 Å². The zero-order valence-corrected chi connectivity index (χ0v) is 10.8. The van der Waals surface area contributed by atoms with Crippen molar-refractivity contribution < 1.29 is 23.1 Å². The van der Waals surface area contributed by atoms with Crippen LogP contribution in [0, 0.1) is 0 Å². The SMILES string of the molecule is CNC1(C(=O)O)CCC(N(CC(F)(F)F)C2CC2)C1. The van der Waals surface area contributed by atoms with Crippen LogP contribution in [0.25, 0.3) is 0 Å². The Morgan fingerprint density at radius 2 is 2.00 bits per heavy atom. The van der Waals surface area contributed by atoms with E-state index in [-0.39, 0.29) is 18.5 Å². The second-order valence-electron chi connectivity index (χ2n) is 5.55. The van der Waals surface area contributed by atoms with Crippen LogP contribution in [-0.4, -0.2) is 53.4 Å². The first-order valence-corrected chi connectivity index (χ1v) is 6.52. The molecule has 2 N–H and O–H groups in total. The molecule has 0 radical (unpaired) electrons. The third kappa shape index (κ3) is 3.20. The number of alkyl halides is 3. The van der Waals surface area contributed by atoms with Gasteiger partial charge in [0.15, 0.2) is 0 Å². The molecule has 7 heteroatoms. The van der Waals surface area contributed by atoms with Gasteiger partial charge in [0.1, 0.15) is 5.54 Å². The Bertz CT molecular complexity index is 357. The van der Waals surface area contributed by atoms with Gasteiger partial charge in [0.2, 0.25) is 0 Å². The molecule has 0 bridgehead atoms. The molecule has 0 spiro atoms. The smallest absolute Gasteiger partial charge is 0.401 e. The molecule has 4 nitrogen and oxygen atoms in total. The van der Waals surface area contributed by atoms with Crippen LogP contribution >= 0.6 is 0 Å². The fraction of sp³-hybridized carbons (Fsp3) is 0.917. The van der Waals surface area contributed by atoms with Crippen LogP contribution in [0.5, 0.6) is 0 Å². The van der Waals surface area contributed by atoms with Gasteiger partial charge in [-0.3, -0.25) is 9.69 Å². The third-order valence-corrected chi connectivity index (χ3v) is 4.22. The zero-order valence-electron chi connectivity index (χ0n) is 10.8. The van der Waals surface area contributed by atoms with Crippen molar-refractivity contribution in [2.45, 2.75) is 55.9 Å². The average molecular weight is 280 g/mol. The summed E-state index contributed by atoms with van der Waals surface area (Å²) in [5, 5.41) is 12.0. The topological polar surface area (TPSA) is 52.6 Å². The highest BCUT2D eigenvalue weighted by Crippen LogP contribution is 2.40. The van der Waals surface area contributed by atoms with E-state index in [4.69, 9.17) is 0 Å². The van der Waals surface area contributed by atoms with Crippen LogP contribution in [0.3, 0.4) is 0 Å². The summed E-state index contributed by atoms with van der Waals surface area (Å²) >= 11 is 0. The summed E-state index contributed by atoms with van der Waals surface area (Å²) in [6.45, 7) is -0.929. The van der Waals surface area contributed by atoms with Gasteiger partial charge in [-0.15, -0.1) is 0 Å². The molecule has 19 heavy (non-hydrogen) atoms. The highest BCUT2D eigenvalue weighted by Gasteiger charge is 2.50. The van der Waals surface area contributed by atoms with Gasteiger partial charge in [0.25, 0.3) is 0 Å². The molecule has 0 amide bonds. The second-order valence-corrected chi connectivity index (χ2v) is 5.55. The van der Waals surface area contributed by atoms with E-state index >= 15 is 0 Å². The quantitative estimate of drug-likeness (QED) is 0.803. The lowest BCUT2D eigenvalue weighted by molar-refractivity contribution is -0.153. The first-order chi connectivity index (χ1) is 8.77. The van der Waals surface area contributed by atoms with Crippen molar-refractivity contribution in [3.05, 3.63) is 0 Å². The molecule has 2 rings (SSSR count). The standard InChI is InChI=1S/C12H19F3N2O2/c1-16-11(10(18)19)5-4-9(6-11)17(8-2-3-8)7-12(13,14)15/h8-9,16H,2-7H2,1H3,(H,18,19). The predicted octanol–water partition coefficient (Wildman–Crippen LogP) is 1.61. The number of aliphatic carboxylic acids is 1. The Balaban J connectivity index is 2.06. The van der Waals surface area contributed by atoms with Crippen molar-refractivity contribution in [1.29, 1.82) is 0 Å². The van der Waals surface area contributed by atoms with Crippen LogP contribution in [-0.2, 0) is 4.79 Å². The Morgan fingerprint density at radius 1 is 1.37 bits per heavy atom. The predicted molar refractivity (Wildman–Crippen MR) is 62.8 cm³/mol. The summed E-state index contributed by atoms with van der Waals surface area (Å²) in [6.07, 6.45) is -1.54. The number of carbonyl (C=O) groups is 1. The fourth-order valence-electron chi connectivity index (χ4n) is 3.00. The largest absolute Gasteiger partial charge is 0.480 e. The molecule has 2 fully saturated rings. The molecule has 2 saturated carbocycles. The lowest BCUT2D eigenvalue weighted by Crippen LogP contribution is -2.50. The Hall–Kier alpha value is -0.820. The van der Waals surface area contributed by atoms with Crippen LogP contribution in [0.4, 0.5) is 13.2 Å². The van der Waals surface area contributed by atoms with E-state index in [0.717, 1.165) is 12.8 Å². The van der Waals surface area contributed by atoms with Gasteiger partial charge in [-0.1, -0.05) is 0 Å². The number of rotatable bonds is 5. The molecule has 2 aliphatic carbocycles. The maximum atomic E-state index is 12.6. The minimum Gasteiger partial charge on any atom is -0.480 e. The lowest BCUT2D eigenvalue weighted by atomic mass is 9.98. The molecule has 0 aromatic rings. The van der Waals surface area contributed by atoms with Crippen molar-refractivity contribution in [1.82, 2.24) is 10.2 Å². The van der Waals surface area contributed by atoms with Crippen LogP contribution < -0.4 is 5.32 Å². The second kappa shape index (κ2) is 4.94. The van der Waals surface area contributed by atoms with E-state index in [2.05, 4.69) is 5.32 Å².